The van der Waals surface area contributed by atoms with Crippen LogP contribution in [0.25, 0.3) is 17.0 Å². The summed E-state index contributed by atoms with van der Waals surface area (Å²) in [6.07, 6.45) is 3.21. The van der Waals surface area contributed by atoms with Gasteiger partial charge in [-0.05, 0) is 68.0 Å². The highest BCUT2D eigenvalue weighted by Crippen LogP contribution is 2.40. The van der Waals surface area contributed by atoms with E-state index in [1.807, 2.05) is 36.4 Å². The van der Waals surface area contributed by atoms with Crippen LogP contribution in [0.3, 0.4) is 0 Å². The summed E-state index contributed by atoms with van der Waals surface area (Å²) in [6.45, 7) is 10.0. The topological polar surface area (TPSA) is 99.3 Å². The predicted octanol–water partition coefficient (Wildman–Crippen LogP) is 7.22. The summed E-state index contributed by atoms with van der Waals surface area (Å²) in [5.74, 6) is -1.36. The minimum absolute atomic E-state index is 0.0521. The van der Waals surface area contributed by atoms with Crippen molar-refractivity contribution in [1.82, 2.24) is 9.88 Å². The molecule has 0 aliphatic heterocycles. The fraction of sp³-hybridized carbons (Fsp3) is 0.161. The van der Waals surface area contributed by atoms with Crippen LogP contribution >= 0.6 is 15.9 Å². The Balaban J connectivity index is 1.71. The van der Waals surface area contributed by atoms with Crippen LogP contribution in [-0.2, 0) is 11.3 Å². The Morgan fingerprint density at radius 3 is 2.40 bits per heavy atom. The molecule has 0 bridgehead atoms. The van der Waals surface area contributed by atoms with Gasteiger partial charge >= 0.3 is 5.91 Å². The van der Waals surface area contributed by atoms with Gasteiger partial charge in [0, 0.05) is 40.7 Å². The molecule has 0 saturated carbocycles. The number of fused-ring (bicyclic) bond motifs is 1. The van der Waals surface area contributed by atoms with Gasteiger partial charge in [-0.1, -0.05) is 52.3 Å². The van der Waals surface area contributed by atoms with Gasteiger partial charge in [0.2, 0.25) is 5.88 Å². The second kappa shape index (κ2) is 13.0. The molecule has 8 nitrogen and oxygen atoms in total. The lowest BCUT2D eigenvalue weighted by molar-refractivity contribution is -0.115. The minimum atomic E-state index is -0.767. The van der Waals surface area contributed by atoms with Crippen LogP contribution < -0.4 is 10.2 Å². The summed E-state index contributed by atoms with van der Waals surface area (Å²) in [6, 6.07) is 21.7. The second-order valence-electron chi connectivity index (χ2n) is 8.88. The van der Waals surface area contributed by atoms with Crippen molar-refractivity contribution in [2.24, 2.45) is 10.2 Å². The van der Waals surface area contributed by atoms with E-state index in [9.17, 15) is 14.7 Å². The Morgan fingerprint density at radius 2 is 1.75 bits per heavy atom. The summed E-state index contributed by atoms with van der Waals surface area (Å²) in [7, 11) is 0. The van der Waals surface area contributed by atoms with Crippen molar-refractivity contribution in [3.05, 3.63) is 107 Å². The number of benzene rings is 3. The maximum Gasteiger partial charge on any atom is 0.311 e. The van der Waals surface area contributed by atoms with E-state index in [0.29, 0.717) is 28.6 Å². The third kappa shape index (κ3) is 6.38. The number of nitrogens with one attached hydrogen (secondary N) is 1. The van der Waals surface area contributed by atoms with E-state index in [1.165, 1.54) is 0 Å². The molecule has 2 amide bonds. The smallest absolute Gasteiger partial charge is 0.311 e. The molecule has 1 aromatic heterocycles. The second-order valence-corrected chi connectivity index (χ2v) is 9.80. The fourth-order valence-corrected chi connectivity index (χ4v) is 4.69. The van der Waals surface area contributed by atoms with E-state index >= 15 is 0 Å². The third-order valence-electron chi connectivity index (χ3n) is 6.37. The number of carbonyl (C=O) groups excluding carboxylic acids is 2. The largest absolute Gasteiger partial charge is 0.493 e. The number of carbonyl (C=O) groups is 2. The summed E-state index contributed by atoms with van der Waals surface area (Å²) in [5, 5.41) is 22.2. The first-order chi connectivity index (χ1) is 19.4. The Labute approximate surface area is 241 Å². The number of amides is 2. The van der Waals surface area contributed by atoms with E-state index in [-0.39, 0.29) is 17.3 Å². The van der Waals surface area contributed by atoms with Gasteiger partial charge < -0.3 is 19.9 Å². The Hall–Kier alpha value is -4.50. The van der Waals surface area contributed by atoms with Crippen molar-refractivity contribution in [3.63, 3.8) is 0 Å². The zero-order valence-corrected chi connectivity index (χ0v) is 23.9. The van der Waals surface area contributed by atoms with Gasteiger partial charge in [0.05, 0.1) is 5.52 Å². The number of hydrogen-bond donors (Lipinski definition) is 2. The van der Waals surface area contributed by atoms with Crippen LogP contribution in [0.15, 0.2) is 106 Å². The quantitative estimate of drug-likeness (QED) is 0.114. The van der Waals surface area contributed by atoms with Crippen LogP contribution in [-0.4, -0.2) is 34.6 Å². The first-order valence-corrected chi connectivity index (χ1v) is 13.7. The van der Waals surface area contributed by atoms with Crippen molar-refractivity contribution in [2.75, 3.05) is 18.0 Å². The average Bonchev–Trinajstić information content (AvgIpc) is 3.22. The Bertz CT molecular complexity index is 1590. The van der Waals surface area contributed by atoms with Crippen LogP contribution in [0.5, 0.6) is 5.88 Å². The molecule has 40 heavy (non-hydrogen) atoms. The van der Waals surface area contributed by atoms with Crippen molar-refractivity contribution < 1.29 is 14.7 Å². The molecule has 2 N–H and O–H groups in total. The van der Waals surface area contributed by atoms with Crippen LogP contribution in [0.4, 0.5) is 11.4 Å². The molecule has 0 spiro atoms. The molecule has 4 aromatic rings. The summed E-state index contributed by atoms with van der Waals surface area (Å²) < 4.78 is 2.40. The number of anilines is 1. The molecular formula is C31H30BrN5O3. The van der Waals surface area contributed by atoms with E-state index in [2.05, 4.69) is 56.8 Å². The Morgan fingerprint density at radius 1 is 1.05 bits per heavy atom. The van der Waals surface area contributed by atoms with Gasteiger partial charge in [-0.15, -0.1) is 16.8 Å². The molecule has 3 aromatic carbocycles. The van der Waals surface area contributed by atoms with Gasteiger partial charge in [-0.2, -0.15) is 0 Å². The molecule has 4 rings (SSSR count). The number of hydrogen-bond acceptors (Lipinski definition) is 5. The highest BCUT2D eigenvalue weighted by molar-refractivity contribution is 9.10. The van der Waals surface area contributed by atoms with Gasteiger partial charge in [-0.3, -0.25) is 9.59 Å². The van der Waals surface area contributed by atoms with Crippen molar-refractivity contribution in [3.8, 4) is 5.88 Å². The summed E-state index contributed by atoms with van der Waals surface area (Å²) >= 11 is 3.44. The number of nitrogens with zero attached hydrogens (tertiary/aromatic N) is 4. The molecular weight excluding hydrogens is 570 g/mol. The van der Waals surface area contributed by atoms with Crippen LogP contribution in [0, 0.1) is 0 Å². The number of halogens is 1. The standard InChI is InChI=1S/C31H30BrN5O3/c1-4-18-37-27-17-14-23(32)20-25(27)28(31(37)40)34-35-30(39)26(33-29(38)22-10-8-7-9-11-22)19-21-12-15-24(16-13-21)36(5-2)6-3/h4,7-17,19-20,40H,1,5-6,18H2,2-3H3,(H,33,38)/b26-19-,35-34?. The summed E-state index contributed by atoms with van der Waals surface area (Å²) in [4.78, 5) is 28.5. The minimum Gasteiger partial charge on any atom is -0.493 e. The monoisotopic (exact) mass is 599 g/mol. The molecule has 0 radical (unpaired) electrons. The van der Waals surface area contributed by atoms with E-state index in [4.69, 9.17) is 0 Å². The van der Waals surface area contributed by atoms with Crippen LogP contribution in [0.1, 0.15) is 29.8 Å². The molecule has 9 heteroatoms. The average molecular weight is 601 g/mol. The van der Waals surface area contributed by atoms with Crippen molar-refractivity contribution >= 4 is 56.1 Å². The number of allylic oxidation sites excluding steroid dienone is 1. The van der Waals surface area contributed by atoms with Crippen LogP contribution in [0.2, 0.25) is 0 Å². The van der Waals surface area contributed by atoms with Gasteiger partial charge in [0.1, 0.15) is 5.70 Å². The lowest BCUT2D eigenvalue weighted by Crippen LogP contribution is -2.26. The van der Waals surface area contributed by atoms with E-state index < -0.39 is 11.8 Å². The number of azo groups is 1. The van der Waals surface area contributed by atoms with E-state index in [0.717, 1.165) is 23.2 Å². The van der Waals surface area contributed by atoms with Gasteiger partial charge in [0.15, 0.2) is 5.69 Å². The molecule has 0 fully saturated rings. The molecule has 0 saturated heterocycles. The highest BCUT2D eigenvalue weighted by atomic mass is 79.9. The number of aromatic nitrogens is 1. The van der Waals surface area contributed by atoms with E-state index in [1.54, 1.807) is 53.1 Å². The molecule has 0 aliphatic carbocycles. The van der Waals surface area contributed by atoms with Crippen molar-refractivity contribution in [1.29, 1.82) is 0 Å². The molecule has 1 heterocycles. The number of rotatable bonds is 10. The SMILES string of the molecule is C=CCn1c(O)c(N=NC(=O)/C(=C/c2ccc(N(CC)CC)cc2)NC(=O)c2ccccc2)c2cc(Br)ccc21. The van der Waals surface area contributed by atoms with Gasteiger partial charge in [0.25, 0.3) is 5.91 Å². The fourth-order valence-electron chi connectivity index (χ4n) is 4.33. The number of aromatic hydroxyl groups is 1. The van der Waals surface area contributed by atoms with Gasteiger partial charge in [-0.25, -0.2) is 0 Å². The highest BCUT2D eigenvalue weighted by Gasteiger charge is 2.19. The zero-order chi connectivity index (χ0) is 28.6. The molecule has 204 valence electrons. The lowest BCUT2D eigenvalue weighted by atomic mass is 10.1. The first kappa shape index (κ1) is 28.5. The zero-order valence-electron chi connectivity index (χ0n) is 22.3. The Kier molecular flexibility index (Phi) is 9.29. The normalized spacial score (nSPS) is 11.6. The maximum atomic E-state index is 13.3. The molecule has 0 unspecified atom stereocenters. The van der Waals surface area contributed by atoms with Crippen molar-refractivity contribution in [2.45, 2.75) is 20.4 Å². The molecule has 0 aliphatic rings. The maximum absolute atomic E-state index is 13.3. The first-order valence-electron chi connectivity index (χ1n) is 12.9. The lowest BCUT2D eigenvalue weighted by Gasteiger charge is -2.20. The third-order valence-corrected chi connectivity index (χ3v) is 6.87. The molecule has 0 atom stereocenters. The predicted molar refractivity (Wildman–Crippen MR) is 163 cm³/mol. The summed E-state index contributed by atoms with van der Waals surface area (Å²) in [5.41, 5.74) is 2.96.